The van der Waals surface area contributed by atoms with E-state index >= 15 is 0 Å². The lowest BCUT2D eigenvalue weighted by atomic mass is 10.2. The van der Waals surface area contributed by atoms with E-state index in [1.54, 1.807) is 7.05 Å². The van der Waals surface area contributed by atoms with E-state index < -0.39 is 0 Å². The van der Waals surface area contributed by atoms with Gasteiger partial charge in [-0.05, 0) is 12.8 Å². The number of carbonyl (C=O) groups excluding carboxylic acids is 1. The summed E-state index contributed by atoms with van der Waals surface area (Å²) < 4.78 is 5.17. The first-order chi connectivity index (χ1) is 5.25. The summed E-state index contributed by atoms with van der Waals surface area (Å²) in [5.74, 6) is -0.0926. The van der Waals surface area contributed by atoms with Crippen LogP contribution in [0.4, 0.5) is 0 Å². The van der Waals surface area contributed by atoms with E-state index in [0.717, 1.165) is 12.8 Å². The van der Waals surface area contributed by atoms with Gasteiger partial charge in [-0.2, -0.15) is 0 Å². The van der Waals surface area contributed by atoms with E-state index in [0.29, 0.717) is 6.61 Å². The molecular formula is C7H13NO3. The summed E-state index contributed by atoms with van der Waals surface area (Å²) in [6, 6.07) is 0. The molecule has 64 valence electrons. The van der Waals surface area contributed by atoms with Gasteiger partial charge in [-0.15, -0.1) is 0 Å². The normalized spacial score (nSPS) is 23.6. The largest absolute Gasteiger partial charge is 0.368 e. The van der Waals surface area contributed by atoms with Crippen molar-refractivity contribution in [2.45, 2.75) is 18.9 Å². The molecule has 1 fully saturated rings. The molecule has 4 nitrogen and oxygen atoms in total. The predicted octanol–water partition coefficient (Wildman–Crippen LogP) is 0.185. The molecule has 11 heavy (non-hydrogen) atoms. The zero-order valence-electron chi connectivity index (χ0n) is 6.87. The third-order valence-corrected chi connectivity index (χ3v) is 1.79. The summed E-state index contributed by atoms with van der Waals surface area (Å²) in [5.41, 5.74) is 0. The second-order valence-electron chi connectivity index (χ2n) is 2.52. The Balaban J connectivity index is 2.39. The number of ether oxygens (including phenoxy) is 1. The maximum atomic E-state index is 11.3. The summed E-state index contributed by atoms with van der Waals surface area (Å²) in [5, 5.41) is 1.20. The summed E-state index contributed by atoms with van der Waals surface area (Å²) in [6.07, 6.45) is 1.50. The fraction of sp³-hybridized carbons (Fsp3) is 0.857. The minimum atomic E-state index is -0.278. The Labute approximate surface area is 66.0 Å². The van der Waals surface area contributed by atoms with Gasteiger partial charge in [-0.1, -0.05) is 0 Å². The molecule has 1 saturated heterocycles. The van der Waals surface area contributed by atoms with Gasteiger partial charge < -0.3 is 4.74 Å². The second-order valence-corrected chi connectivity index (χ2v) is 2.52. The highest BCUT2D eigenvalue weighted by molar-refractivity contribution is 5.79. The van der Waals surface area contributed by atoms with Crippen LogP contribution in [0.2, 0.25) is 0 Å². The highest BCUT2D eigenvalue weighted by atomic mass is 16.7. The molecule has 1 rings (SSSR count). The molecule has 0 aromatic heterocycles. The van der Waals surface area contributed by atoms with E-state index in [1.807, 2.05) is 0 Å². The molecule has 1 aliphatic rings. The number of likely N-dealkylation sites (N-methyl/N-ethyl adjacent to an activating group) is 1. The van der Waals surface area contributed by atoms with E-state index in [4.69, 9.17) is 9.57 Å². The quantitative estimate of drug-likeness (QED) is 0.540. The Morgan fingerprint density at radius 3 is 2.91 bits per heavy atom. The van der Waals surface area contributed by atoms with Crippen LogP contribution in [0.3, 0.4) is 0 Å². The summed E-state index contributed by atoms with van der Waals surface area (Å²) in [4.78, 5) is 16.0. The molecule has 4 heteroatoms. The van der Waals surface area contributed by atoms with Gasteiger partial charge in [0.25, 0.3) is 5.91 Å². The minimum Gasteiger partial charge on any atom is -0.368 e. The zero-order valence-corrected chi connectivity index (χ0v) is 6.87. The van der Waals surface area contributed by atoms with Gasteiger partial charge in [0.1, 0.15) is 6.10 Å². The molecule has 1 atom stereocenters. The number of hydrogen-bond donors (Lipinski definition) is 0. The Hall–Kier alpha value is -0.610. The van der Waals surface area contributed by atoms with E-state index in [9.17, 15) is 4.79 Å². The second kappa shape index (κ2) is 3.69. The molecular weight excluding hydrogens is 146 g/mol. The standard InChI is InChI=1S/C7H13NO3/c1-8(10-2)7(9)6-4-3-5-11-6/h6H,3-5H2,1-2H3/t6-/m1/s1. The van der Waals surface area contributed by atoms with Crippen LogP contribution in [0.1, 0.15) is 12.8 Å². The number of amides is 1. The summed E-state index contributed by atoms with van der Waals surface area (Å²) in [6.45, 7) is 0.688. The van der Waals surface area contributed by atoms with Crippen LogP contribution < -0.4 is 0 Å². The van der Waals surface area contributed by atoms with Crippen LogP contribution in [0.5, 0.6) is 0 Å². The van der Waals surface area contributed by atoms with Crippen molar-refractivity contribution in [1.82, 2.24) is 5.06 Å². The first kappa shape index (κ1) is 8.49. The van der Waals surface area contributed by atoms with Crippen molar-refractivity contribution in [1.29, 1.82) is 0 Å². The maximum Gasteiger partial charge on any atom is 0.274 e. The van der Waals surface area contributed by atoms with Crippen LogP contribution in [-0.2, 0) is 14.4 Å². The van der Waals surface area contributed by atoms with Crippen molar-refractivity contribution < 1.29 is 14.4 Å². The molecule has 0 aliphatic carbocycles. The lowest BCUT2D eigenvalue weighted by molar-refractivity contribution is -0.178. The van der Waals surface area contributed by atoms with Crippen LogP contribution in [-0.4, -0.2) is 37.8 Å². The number of carbonyl (C=O) groups is 1. The lowest BCUT2D eigenvalue weighted by Crippen LogP contribution is -2.35. The Morgan fingerprint density at radius 2 is 2.45 bits per heavy atom. The molecule has 0 spiro atoms. The fourth-order valence-electron chi connectivity index (χ4n) is 1.07. The third kappa shape index (κ3) is 1.91. The van der Waals surface area contributed by atoms with Gasteiger partial charge in [0.2, 0.25) is 0 Å². The van der Waals surface area contributed by atoms with Crippen LogP contribution in [0, 0.1) is 0 Å². The molecule has 0 saturated carbocycles. The van der Waals surface area contributed by atoms with E-state index in [-0.39, 0.29) is 12.0 Å². The molecule has 1 heterocycles. The van der Waals surface area contributed by atoms with Gasteiger partial charge in [0.15, 0.2) is 0 Å². The van der Waals surface area contributed by atoms with Crippen molar-refractivity contribution >= 4 is 5.91 Å². The Morgan fingerprint density at radius 1 is 1.73 bits per heavy atom. The molecule has 0 bridgehead atoms. The van der Waals surface area contributed by atoms with Gasteiger partial charge in [-0.3, -0.25) is 9.63 Å². The number of nitrogens with zero attached hydrogens (tertiary/aromatic N) is 1. The average molecular weight is 159 g/mol. The Bertz CT molecular complexity index is 143. The van der Waals surface area contributed by atoms with Crippen molar-refractivity contribution in [3.05, 3.63) is 0 Å². The number of hydroxylamine groups is 2. The van der Waals surface area contributed by atoms with Crippen molar-refractivity contribution in [2.75, 3.05) is 20.8 Å². The van der Waals surface area contributed by atoms with Crippen LogP contribution >= 0.6 is 0 Å². The zero-order chi connectivity index (χ0) is 8.27. The maximum absolute atomic E-state index is 11.3. The van der Waals surface area contributed by atoms with Gasteiger partial charge in [-0.25, -0.2) is 5.06 Å². The molecule has 1 aliphatic heterocycles. The van der Waals surface area contributed by atoms with Crippen molar-refractivity contribution in [2.24, 2.45) is 0 Å². The Kier molecular flexibility index (Phi) is 2.84. The fourth-order valence-corrected chi connectivity index (χ4v) is 1.07. The molecule has 1 amide bonds. The molecule has 0 aromatic rings. The smallest absolute Gasteiger partial charge is 0.274 e. The monoisotopic (exact) mass is 159 g/mol. The molecule has 0 radical (unpaired) electrons. The van der Waals surface area contributed by atoms with Gasteiger partial charge >= 0.3 is 0 Å². The first-order valence-electron chi connectivity index (χ1n) is 3.69. The molecule has 0 N–H and O–H groups in total. The van der Waals surface area contributed by atoms with Gasteiger partial charge in [0, 0.05) is 13.7 Å². The third-order valence-electron chi connectivity index (χ3n) is 1.79. The predicted molar refractivity (Wildman–Crippen MR) is 38.8 cm³/mol. The molecule has 0 unspecified atom stereocenters. The highest BCUT2D eigenvalue weighted by Crippen LogP contribution is 2.13. The average Bonchev–Trinajstić information content (AvgIpc) is 2.53. The highest BCUT2D eigenvalue weighted by Gasteiger charge is 2.26. The number of rotatable bonds is 2. The van der Waals surface area contributed by atoms with Crippen molar-refractivity contribution in [3.8, 4) is 0 Å². The van der Waals surface area contributed by atoms with Crippen molar-refractivity contribution in [3.63, 3.8) is 0 Å². The van der Waals surface area contributed by atoms with E-state index in [2.05, 4.69) is 0 Å². The van der Waals surface area contributed by atoms with Gasteiger partial charge in [0.05, 0.1) is 7.11 Å². The van der Waals surface area contributed by atoms with Crippen LogP contribution in [0.25, 0.3) is 0 Å². The first-order valence-corrected chi connectivity index (χ1v) is 3.69. The minimum absolute atomic E-state index is 0.0926. The number of hydrogen-bond acceptors (Lipinski definition) is 3. The van der Waals surface area contributed by atoms with Crippen LogP contribution in [0.15, 0.2) is 0 Å². The lowest BCUT2D eigenvalue weighted by Gasteiger charge is -2.17. The SMILES string of the molecule is CON(C)C(=O)[C@H]1CCCO1. The summed E-state index contributed by atoms with van der Waals surface area (Å²) in [7, 11) is 3.05. The molecule has 0 aromatic carbocycles. The summed E-state index contributed by atoms with van der Waals surface area (Å²) >= 11 is 0. The topological polar surface area (TPSA) is 38.8 Å². The van der Waals surface area contributed by atoms with E-state index in [1.165, 1.54) is 12.2 Å².